The largest absolute Gasteiger partial charge is 0.464 e. The van der Waals surface area contributed by atoms with Crippen LogP contribution in [0.4, 0.5) is 4.79 Å². The molecule has 2 fully saturated rings. The van der Waals surface area contributed by atoms with E-state index in [1.165, 1.54) is 6.92 Å². The number of carbonyl (C=O) groups is 2. The minimum Gasteiger partial charge on any atom is -0.464 e. The quantitative estimate of drug-likeness (QED) is 0.594. The number of hydrogen-bond acceptors (Lipinski definition) is 3. The highest BCUT2D eigenvalue weighted by atomic mass is 16.6. The lowest BCUT2D eigenvalue weighted by molar-refractivity contribution is -0.123. The molecule has 2 bridgehead atoms. The zero-order valence-electron chi connectivity index (χ0n) is 9.31. The fourth-order valence-corrected chi connectivity index (χ4v) is 2.51. The lowest BCUT2D eigenvalue weighted by Gasteiger charge is -2.35. The molecule has 0 spiro atoms. The van der Waals surface area contributed by atoms with Gasteiger partial charge >= 0.3 is 6.09 Å². The fraction of sp³-hybridized carbons (Fsp3) is 0.800. The Morgan fingerprint density at radius 1 is 1.38 bits per heavy atom. The summed E-state index contributed by atoms with van der Waals surface area (Å²) in [5.41, 5.74) is 0. The minimum absolute atomic E-state index is 0.0268. The average molecular weight is 217 g/mol. The normalized spacial score (nSPS) is 29.3. The fourth-order valence-electron chi connectivity index (χ4n) is 2.51. The van der Waals surface area contributed by atoms with E-state index in [-0.39, 0.29) is 17.9 Å². The van der Waals surface area contributed by atoms with Crippen molar-refractivity contribution in [2.75, 3.05) is 0 Å². The van der Waals surface area contributed by atoms with Gasteiger partial charge in [-0.3, -0.25) is 4.79 Å². The van der Waals surface area contributed by atoms with Crippen molar-refractivity contribution in [1.29, 1.82) is 0 Å². The molecule has 0 saturated carbocycles. The molecule has 82 valence electrons. The second-order valence-electron chi connectivity index (χ2n) is 4.79. The molecule has 0 aromatic rings. The Hall–Kier alpha value is -0.930. The first kappa shape index (κ1) is 11.6. The summed E-state index contributed by atoms with van der Waals surface area (Å²) in [5.74, 6) is 0.222. The van der Waals surface area contributed by atoms with Gasteiger partial charge in [0.2, 0.25) is 0 Å². The lowest BCUT2D eigenvalue weighted by atomic mass is 9.67. The smallest absolute Gasteiger partial charge is 0.409 e. The summed E-state index contributed by atoms with van der Waals surface area (Å²) in [7, 11) is 10.8. The maximum Gasteiger partial charge on any atom is 0.409 e. The SMILES string of the molecule is [B]C([B])(C)OC(=O)N1C2CCC1CC(=O)C2. The number of ketones is 1. The molecule has 0 N–H and O–H groups in total. The molecule has 2 rings (SSSR count). The molecule has 2 heterocycles. The third-order valence-electron chi connectivity index (χ3n) is 3.06. The second-order valence-corrected chi connectivity index (χ2v) is 4.79. The van der Waals surface area contributed by atoms with Crippen molar-refractivity contribution in [2.45, 2.75) is 50.1 Å². The van der Waals surface area contributed by atoms with Crippen molar-refractivity contribution in [3.8, 4) is 0 Å². The molecule has 2 saturated heterocycles. The van der Waals surface area contributed by atoms with Gasteiger partial charge in [0.25, 0.3) is 0 Å². The molecule has 2 atom stereocenters. The Morgan fingerprint density at radius 2 is 1.88 bits per heavy atom. The van der Waals surface area contributed by atoms with Crippen molar-refractivity contribution in [3.63, 3.8) is 0 Å². The topological polar surface area (TPSA) is 46.6 Å². The number of ether oxygens (including phenoxy) is 1. The molecule has 2 aliphatic heterocycles. The summed E-state index contributed by atoms with van der Waals surface area (Å²) in [5, 5.41) is -1.46. The van der Waals surface area contributed by atoms with Crippen LogP contribution in [-0.2, 0) is 9.53 Å². The van der Waals surface area contributed by atoms with E-state index in [2.05, 4.69) is 0 Å². The van der Waals surface area contributed by atoms with Gasteiger partial charge in [0.15, 0.2) is 0 Å². The highest BCUT2D eigenvalue weighted by Gasteiger charge is 2.44. The van der Waals surface area contributed by atoms with Gasteiger partial charge in [0, 0.05) is 30.3 Å². The molecule has 1 amide bonds. The number of fused-ring (bicyclic) bond motifs is 2. The molecular formula is C10H13B2NO3. The molecule has 6 heteroatoms. The van der Waals surface area contributed by atoms with Gasteiger partial charge in [-0.2, -0.15) is 0 Å². The highest BCUT2D eigenvalue weighted by molar-refractivity contribution is 6.39. The number of hydrogen-bond donors (Lipinski definition) is 0. The lowest BCUT2D eigenvalue weighted by Crippen LogP contribution is -2.49. The van der Waals surface area contributed by atoms with Crippen LogP contribution in [-0.4, -0.2) is 50.0 Å². The van der Waals surface area contributed by atoms with Crippen molar-refractivity contribution in [2.24, 2.45) is 0 Å². The van der Waals surface area contributed by atoms with Gasteiger partial charge < -0.3 is 9.64 Å². The van der Waals surface area contributed by atoms with Crippen LogP contribution in [0.15, 0.2) is 0 Å². The van der Waals surface area contributed by atoms with E-state index in [9.17, 15) is 9.59 Å². The van der Waals surface area contributed by atoms with E-state index >= 15 is 0 Å². The first-order chi connectivity index (χ1) is 7.37. The number of rotatable bonds is 1. The van der Waals surface area contributed by atoms with E-state index in [1.54, 1.807) is 4.90 Å². The molecule has 0 aliphatic carbocycles. The second kappa shape index (κ2) is 3.82. The molecule has 4 radical (unpaired) electrons. The van der Waals surface area contributed by atoms with Crippen LogP contribution in [0, 0.1) is 0 Å². The van der Waals surface area contributed by atoms with Crippen LogP contribution < -0.4 is 0 Å². The summed E-state index contributed by atoms with van der Waals surface area (Å²) >= 11 is 0. The van der Waals surface area contributed by atoms with Gasteiger partial charge in [-0.05, 0) is 19.8 Å². The van der Waals surface area contributed by atoms with E-state index < -0.39 is 11.5 Å². The molecule has 16 heavy (non-hydrogen) atoms. The van der Waals surface area contributed by atoms with Crippen LogP contribution in [0.25, 0.3) is 0 Å². The standard InChI is InChI=1S/C10H13B2NO3/c1-10(11,12)16-9(15)13-6-2-3-7(13)5-8(14)4-6/h6-7H,2-5H2,1H3. The Balaban J connectivity index is 2.06. The molecule has 4 nitrogen and oxygen atoms in total. The zero-order chi connectivity index (χ0) is 11.9. The maximum absolute atomic E-state index is 11.8. The zero-order valence-corrected chi connectivity index (χ0v) is 9.31. The maximum atomic E-state index is 11.8. The number of nitrogens with zero attached hydrogens (tertiary/aromatic N) is 1. The summed E-state index contributed by atoms with van der Waals surface area (Å²) in [6, 6.07) is -0.0535. The van der Waals surface area contributed by atoms with Crippen LogP contribution in [0.3, 0.4) is 0 Å². The van der Waals surface area contributed by atoms with Crippen molar-refractivity contribution in [3.05, 3.63) is 0 Å². The van der Waals surface area contributed by atoms with Crippen LogP contribution in [0.5, 0.6) is 0 Å². The number of piperidine rings is 1. The van der Waals surface area contributed by atoms with E-state index in [1.807, 2.05) is 0 Å². The first-order valence-corrected chi connectivity index (χ1v) is 5.47. The summed E-state index contributed by atoms with van der Waals surface area (Å²) < 4.78 is 4.92. The predicted molar refractivity (Wildman–Crippen MR) is 59.3 cm³/mol. The Morgan fingerprint density at radius 3 is 2.31 bits per heavy atom. The van der Waals surface area contributed by atoms with Crippen LogP contribution in [0.1, 0.15) is 32.6 Å². The highest BCUT2D eigenvalue weighted by Crippen LogP contribution is 2.34. The number of amides is 1. The van der Waals surface area contributed by atoms with E-state index in [0.29, 0.717) is 12.8 Å². The molecular weight excluding hydrogens is 204 g/mol. The monoisotopic (exact) mass is 217 g/mol. The first-order valence-electron chi connectivity index (χ1n) is 5.47. The van der Waals surface area contributed by atoms with Gasteiger partial charge in [-0.15, -0.1) is 0 Å². The number of Topliss-reactive ketones (excluding diaryl/α,β-unsaturated/α-hetero) is 1. The number of carbonyl (C=O) groups excluding carboxylic acids is 2. The minimum atomic E-state index is -1.46. The molecule has 2 aliphatic rings. The summed E-state index contributed by atoms with van der Waals surface area (Å²) in [4.78, 5) is 24.8. The van der Waals surface area contributed by atoms with Gasteiger partial charge in [-0.25, -0.2) is 4.79 Å². The molecule has 0 aromatic heterocycles. The Labute approximate surface area is 97.5 Å². The van der Waals surface area contributed by atoms with Gasteiger partial charge in [-0.1, -0.05) is 0 Å². The van der Waals surface area contributed by atoms with Crippen molar-refractivity contribution >= 4 is 27.6 Å². The van der Waals surface area contributed by atoms with E-state index in [4.69, 9.17) is 20.4 Å². The molecule has 0 aromatic carbocycles. The van der Waals surface area contributed by atoms with E-state index in [0.717, 1.165) is 12.8 Å². The van der Waals surface area contributed by atoms with Crippen LogP contribution >= 0.6 is 0 Å². The summed E-state index contributed by atoms with van der Waals surface area (Å²) in [6.07, 6.45) is 2.07. The average Bonchev–Trinajstić information content (AvgIpc) is 2.36. The molecule has 2 unspecified atom stereocenters. The van der Waals surface area contributed by atoms with Crippen molar-refractivity contribution in [1.82, 2.24) is 4.90 Å². The van der Waals surface area contributed by atoms with Crippen molar-refractivity contribution < 1.29 is 14.3 Å². The third kappa shape index (κ3) is 2.25. The Kier molecular flexibility index (Phi) is 2.76. The summed E-state index contributed by atoms with van der Waals surface area (Å²) in [6.45, 7) is 1.42. The van der Waals surface area contributed by atoms with Gasteiger partial charge in [0.1, 0.15) is 21.5 Å². The predicted octanol–water partition coefficient (Wildman–Crippen LogP) is 0.330. The Bertz CT molecular complexity index is 311. The van der Waals surface area contributed by atoms with Crippen LogP contribution in [0.2, 0.25) is 0 Å². The third-order valence-corrected chi connectivity index (χ3v) is 3.06. The van der Waals surface area contributed by atoms with Gasteiger partial charge in [0.05, 0.1) is 0 Å².